The van der Waals surface area contributed by atoms with Gasteiger partial charge in [-0.2, -0.15) is 11.8 Å². The molecule has 1 aromatic carbocycles. The maximum absolute atomic E-state index is 11.7. The van der Waals surface area contributed by atoms with Crippen LogP contribution in [0.4, 0.5) is 0 Å². The molecule has 2 aliphatic heterocycles. The van der Waals surface area contributed by atoms with Crippen molar-refractivity contribution in [3.63, 3.8) is 0 Å². The Morgan fingerprint density at radius 3 is 2.68 bits per heavy atom. The number of rotatable bonds is 9. The maximum Gasteiger partial charge on any atom is 0.175 e. The monoisotopic (exact) mass is 429 g/mol. The third-order valence-electron chi connectivity index (χ3n) is 5.07. The van der Waals surface area contributed by atoms with Crippen molar-refractivity contribution in [3.05, 3.63) is 29.8 Å². The molecule has 1 aromatic rings. The first-order chi connectivity index (χ1) is 13.5. The van der Waals surface area contributed by atoms with Gasteiger partial charge in [-0.25, -0.2) is 8.42 Å². The van der Waals surface area contributed by atoms with Gasteiger partial charge in [0.15, 0.2) is 9.84 Å². The van der Waals surface area contributed by atoms with Crippen LogP contribution in [0.15, 0.2) is 29.2 Å². The standard InChI is InChI=1S/C19H31N3O4S2/c1-25-9-10-26-19-18(14-5-7-16(8-6-14)28(2,23)24)22-17(13-21-19)20-12-15-4-3-11-27-15/h5-8,15,17-22H,3-4,9-13H2,1-2H3. The van der Waals surface area contributed by atoms with Crippen LogP contribution >= 0.6 is 11.8 Å². The summed E-state index contributed by atoms with van der Waals surface area (Å²) in [5.41, 5.74) is 0.990. The predicted molar refractivity (Wildman–Crippen MR) is 112 cm³/mol. The Morgan fingerprint density at radius 1 is 1.25 bits per heavy atom. The minimum atomic E-state index is -3.21. The first-order valence-electron chi connectivity index (χ1n) is 9.72. The Labute approximate surface area is 172 Å². The molecule has 3 N–H and O–H groups in total. The number of methoxy groups -OCH3 is 1. The molecule has 0 radical (unpaired) electrons. The zero-order valence-electron chi connectivity index (χ0n) is 16.5. The number of sulfone groups is 1. The minimum Gasteiger partial charge on any atom is -0.382 e. The van der Waals surface area contributed by atoms with E-state index in [0.717, 1.165) is 18.7 Å². The summed E-state index contributed by atoms with van der Waals surface area (Å²) in [4.78, 5) is 0.324. The highest BCUT2D eigenvalue weighted by atomic mass is 32.2. The van der Waals surface area contributed by atoms with Gasteiger partial charge in [0.05, 0.1) is 30.3 Å². The zero-order chi connectivity index (χ0) is 20.0. The second kappa shape index (κ2) is 10.4. The second-order valence-corrected chi connectivity index (χ2v) is 10.7. The van der Waals surface area contributed by atoms with Crippen LogP contribution in [0.2, 0.25) is 0 Å². The number of benzene rings is 1. The fourth-order valence-corrected chi connectivity index (χ4v) is 5.38. The summed E-state index contributed by atoms with van der Waals surface area (Å²) in [7, 11) is -1.56. The number of hydrogen-bond acceptors (Lipinski definition) is 8. The number of piperazine rings is 1. The van der Waals surface area contributed by atoms with Gasteiger partial charge in [-0.15, -0.1) is 0 Å². The molecule has 2 heterocycles. The van der Waals surface area contributed by atoms with Gasteiger partial charge < -0.3 is 9.47 Å². The van der Waals surface area contributed by atoms with Crippen LogP contribution in [0, 0.1) is 0 Å². The van der Waals surface area contributed by atoms with Gasteiger partial charge in [0.2, 0.25) is 0 Å². The van der Waals surface area contributed by atoms with Crippen molar-refractivity contribution in [2.75, 3.05) is 45.4 Å². The van der Waals surface area contributed by atoms with Crippen molar-refractivity contribution in [1.82, 2.24) is 16.0 Å². The van der Waals surface area contributed by atoms with E-state index >= 15 is 0 Å². The lowest BCUT2D eigenvalue weighted by Gasteiger charge is -2.39. The molecule has 7 nitrogen and oxygen atoms in total. The van der Waals surface area contributed by atoms with E-state index in [2.05, 4.69) is 16.0 Å². The summed E-state index contributed by atoms with van der Waals surface area (Å²) in [5, 5.41) is 11.4. The average Bonchev–Trinajstić information content (AvgIpc) is 3.20. The molecule has 4 atom stereocenters. The molecule has 2 saturated heterocycles. The molecule has 0 aromatic heterocycles. The van der Waals surface area contributed by atoms with Crippen LogP contribution in [0.3, 0.4) is 0 Å². The topological polar surface area (TPSA) is 88.7 Å². The summed E-state index contributed by atoms with van der Waals surface area (Å²) in [6.45, 7) is 2.76. The number of thioether (sulfide) groups is 1. The largest absolute Gasteiger partial charge is 0.382 e. The van der Waals surface area contributed by atoms with Gasteiger partial charge in [0.25, 0.3) is 0 Å². The Morgan fingerprint density at radius 2 is 2.04 bits per heavy atom. The number of nitrogens with one attached hydrogen (secondary N) is 3. The highest BCUT2D eigenvalue weighted by Gasteiger charge is 2.32. The van der Waals surface area contributed by atoms with Crippen molar-refractivity contribution in [2.45, 2.75) is 41.4 Å². The lowest BCUT2D eigenvalue weighted by molar-refractivity contribution is -0.0382. The molecule has 9 heteroatoms. The lowest BCUT2D eigenvalue weighted by atomic mass is 10.0. The van der Waals surface area contributed by atoms with Gasteiger partial charge in [-0.05, 0) is 36.3 Å². The van der Waals surface area contributed by atoms with E-state index < -0.39 is 9.84 Å². The van der Waals surface area contributed by atoms with Gasteiger partial charge in [0, 0.05) is 31.7 Å². The molecule has 3 rings (SSSR count). The molecule has 2 aliphatic rings. The molecule has 28 heavy (non-hydrogen) atoms. The molecule has 0 spiro atoms. The third-order valence-corrected chi connectivity index (χ3v) is 7.60. The summed E-state index contributed by atoms with van der Waals surface area (Å²) >= 11 is 2.04. The van der Waals surface area contributed by atoms with E-state index in [1.807, 2.05) is 23.9 Å². The van der Waals surface area contributed by atoms with Crippen LogP contribution in [0.1, 0.15) is 24.4 Å². The van der Waals surface area contributed by atoms with Gasteiger partial charge >= 0.3 is 0 Å². The smallest absolute Gasteiger partial charge is 0.175 e. The van der Waals surface area contributed by atoms with Crippen LogP contribution < -0.4 is 16.0 Å². The first kappa shape index (κ1) is 22.0. The summed E-state index contributed by atoms with van der Waals surface area (Å²) < 4.78 is 34.5. The summed E-state index contributed by atoms with van der Waals surface area (Å²) in [5.74, 6) is 1.26. The van der Waals surface area contributed by atoms with Crippen molar-refractivity contribution < 1.29 is 17.9 Å². The van der Waals surface area contributed by atoms with E-state index in [1.165, 1.54) is 24.9 Å². The first-order valence-corrected chi connectivity index (χ1v) is 12.7. The van der Waals surface area contributed by atoms with Crippen molar-refractivity contribution >= 4 is 21.6 Å². The van der Waals surface area contributed by atoms with E-state index in [-0.39, 0.29) is 18.4 Å². The van der Waals surface area contributed by atoms with Crippen molar-refractivity contribution in [3.8, 4) is 0 Å². The summed E-state index contributed by atoms with van der Waals surface area (Å²) in [6, 6.07) is 6.94. The molecule has 2 fully saturated rings. The summed E-state index contributed by atoms with van der Waals surface area (Å²) in [6.07, 6.45) is 3.72. The SMILES string of the molecule is COCCOC1NCC(NCC2CCCS2)NC1c1ccc(S(C)(=O)=O)cc1. The highest BCUT2D eigenvalue weighted by molar-refractivity contribution is 8.00. The zero-order valence-corrected chi connectivity index (χ0v) is 18.2. The van der Waals surface area contributed by atoms with Gasteiger partial charge in [-0.1, -0.05) is 12.1 Å². The molecule has 0 saturated carbocycles. The molecule has 0 bridgehead atoms. The Hall–Kier alpha value is -0.680. The third kappa shape index (κ3) is 6.16. The lowest BCUT2D eigenvalue weighted by Crippen LogP contribution is -2.62. The Bertz CT molecular complexity index is 708. The van der Waals surface area contributed by atoms with Crippen LogP contribution in [0.25, 0.3) is 0 Å². The van der Waals surface area contributed by atoms with Gasteiger partial charge in [-0.3, -0.25) is 16.0 Å². The molecular formula is C19H31N3O4S2. The van der Waals surface area contributed by atoms with E-state index in [1.54, 1.807) is 19.2 Å². The van der Waals surface area contributed by atoms with Crippen LogP contribution in [-0.4, -0.2) is 71.5 Å². The van der Waals surface area contributed by atoms with Crippen LogP contribution in [-0.2, 0) is 19.3 Å². The minimum absolute atomic E-state index is 0.0899. The Balaban J connectivity index is 1.67. The van der Waals surface area contributed by atoms with E-state index in [0.29, 0.717) is 23.4 Å². The second-order valence-electron chi connectivity index (χ2n) is 7.27. The quantitative estimate of drug-likeness (QED) is 0.504. The van der Waals surface area contributed by atoms with Crippen molar-refractivity contribution in [2.24, 2.45) is 0 Å². The molecule has 0 amide bonds. The van der Waals surface area contributed by atoms with E-state index in [9.17, 15) is 8.42 Å². The number of ether oxygens (including phenoxy) is 2. The molecule has 4 unspecified atom stereocenters. The van der Waals surface area contributed by atoms with Crippen molar-refractivity contribution in [1.29, 1.82) is 0 Å². The van der Waals surface area contributed by atoms with Crippen LogP contribution in [0.5, 0.6) is 0 Å². The van der Waals surface area contributed by atoms with Gasteiger partial charge in [0.1, 0.15) is 6.23 Å². The van der Waals surface area contributed by atoms with E-state index in [4.69, 9.17) is 9.47 Å². The fourth-order valence-electron chi connectivity index (χ4n) is 3.53. The average molecular weight is 430 g/mol. The molecular weight excluding hydrogens is 398 g/mol. The number of hydrogen-bond donors (Lipinski definition) is 3. The molecule has 158 valence electrons. The predicted octanol–water partition coefficient (Wildman–Crippen LogP) is 1.12. The normalized spacial score (nSPS) is 28.5. The Kier molecular flexibility index (Phi) is 8.16. The maximum atomic E-state index is 11.7. The fraction of sp³-hybridized carbons (Fsp3) is 0.684. The molecule has 0 aliphatic carbocycles. The highest BCUT2D eigenvalue weighted by Crippen LogP contribution is 2.26.